The molecule has 5 nitrogen and oxygen atoms in total. The Balaban J connectivity index is 1.87. The Bertz CT molecular complexity index is 1200. The van der Waals surface area contributed by atoms with Crippen molar-refractivity contribution in [2.24, 2.45) is 0 Å². The second kappa shape index (κ2) is 11.8. The van der Waals surface area contributed by atoms with Crippen LogP contribution in [-0.4, -0.2) is 12.5 Å². The van der Waals surface area contributed by atoms with Gasteiger partial charge in [0.1, 0.15) is 18.2 Å². The van der Waals surface area contributed by atoms with Crippen molar-refractivity contribution in [3.63, 3.8) is 0 Å². The Hall–Kier alpha value is -2.98. The number of hydrogen-bond acceptors (Lipinski definition) is 4. The third kappa shape index (κ3) is 6.52. The van der Waals surface area contributed by atoms with Gasteiger partial charge in [-0.3, -0.25) is 4.79 Å². The maximum Gasteiger partial charge on any atom is 0.266 e. The van der Waals surface area contributed by atoms with Crippen LogP contribution in [0.3, 0.4) is 0 Å². The molecular formula is C25H19BrCl2N2O3. The van der Waals surface area contributed by atoms with Gasteiger partial charge in [-0.2, -0.15) is 5.26 Å². The molecule has 0 aliphatic heterocycles. The molecule has 0 fully saturated rings. The lowest BCUT2D eigenvalue weighted by Gasteiger charge is -2.16. The van der Waals surface area contributed by atoms with Gasteiger partial charge in [-0.25, -0.2) is 0 Å². The first-order chi connectivity index (χ1) is 15.9. The highest BCUT2D eigenvalue weighted by Gasteiger charge is 2.16. The zero-order valence-corrected chi connectivity index (χ0v) is 20.7. The third-order valence-corrected chi connectivity index (χ3v) is 5.76. The minimum atomic E-state index is -0.508. The summed E-state index contributed by atoms with van der Waals surface area (Å²) in [5, 5.41) is 13.2. The molecule has 0 radical (unpaired) electrons. The number of nitrogens with one attached hydrogen (secondary N) is 1. The molecule has 0 aliphatic carbocycles. The Kier molecular flexibility index (Phi) is 8.79. The fourth-order valence-electron chi connectivity index (χ4n) is 2.92. The number of hydrogen-bond donors (Lipinski definition) is 1. The summed E-state index contributed by atoms with van der Waals surface area (Å²) in [6.45, 7) is 2.37. The first-order valence-electron chi connectivity index (χ1n) is 9.93. The van der Waals surface area contributed by atoms with E-state index in [0.29, 0.717) is 49.4 Å². The van der Waals surface area contributed by atoms with E-state index >= 15 is 0 Å². The predicted molar refractivity (Wildman–Crippen MR) is 135 cm³/mol. The van der Waals surface area contributed by atoms with Crippen LogP contribution in [0.25, 0.3) is 6.08 Å². The number of nitrogens with zero attached hydrogens (tertiary/aromatic N) is 1. The molecule has 0 saturated heterocycles. The number of benzene rings is 3. The average molecular weight is 546 g/mol. The van der Waals surface area contributed by atoms with E-state index < -0.39 is 5.91 Å². The first kappa shape index (κ1) is 24.7. The maximum atomic E-state index is 12.5. The van der Waals surface area contributed by atoms with Crippen molar-refractivity contribution in [1.29, 1.82) is 5.26 Å². The second-order valence-electron chi connectivity index (χ2n) is 6.74. The van der Waals surface area contributed by atoms with Crippen LogP contribution in [0, 0.1) is 11.3 Å². The molecule has 0 saturated carbocycles. The van der Waals surface area contributed by atoms with Crippen molar-refractivity contribution in [2.75, 3.05) is 11.9 Å². The van der Waals surface area contributed by atoms with Crippen LogP contribution >= 0.6 is 39.1 Å². The third-order valence-electron chi connectivity index (χ3n) is 4.46. The minimum Gasteiger partial charge on any atom is -0.490 e. The molecule has 3 aromatic carbocycles. The van der Waals surface area contributed by atoms with E-state index in [1.165, 1.54) is 6.08 Å². The fourth-order valence-corrected chi connectivity index (χ4v) is 4.00. The molecule has 168 valence electrons. The van der Waals surface area contributed by atoms with Crippen molar-refractivity contribution in [2.45, 2.75) is 13.5 Å². The molecule has 0 unspecified atom stereocenters. The molecule has 33 heavy (non-hydrogen) atoms. The summed E-state index contributed by atoms with van der Waals surface area (Å²) in [5.41, 5.74) is 1.79. The summed E-state index contributed by atoms with van der Waals surface area (Å²) in [5.74, 6) is 0.394. The van der Waals surface area contributed by atoms with E-state index in [1.54, 1.807) is 54.6 Å². The number of nitriles is 1. The van der Waals surface area contributed by atoms with Crippen LogP contribution in [0.2, 0.25) is 10.0 Å². The summed E-state index contributed by atoms with van der Waals surface area (Å²) < 4.78 is 12.3. The Morgan fingerprint density at radius 2 is 1.79 bits per heavy atom. The van der Waals surface area contributed by atoms with E-state index in [9.17, 15) is 10.1 Å². The Morgan fingerprint density at radius 3 is 2.42 bits per heavy atom. The van der Waals surface area contributed by atoms with Gasteiger partial charge in [-0.1, -0.05) is 47.5 Å². The van der Waals surface area contributed by atoms with Crippen molar-refractivity contribution >= 4 is 56.8 Å². The average Bonchev–Trinajstić information content (AvgIpc) is 2.79. The summed E-state index contributed by atoms with van der Waals surface area (Å²) >= 11 is 16.0. The maximum absolute atomic E-state index is 12.5. The normalized spacial score (nSPS) is 10.9. The first-order valence-corrected chi connectivity index (χ1v) is 11.5. The number of para-hydroxylation sites is 1. The van der Waals surface area contributed by atoms with E-state index in [4.69, 9.17) is 32.7 Å². The van der Waals surface area contributed by atoms with Gasteiger partial charge in [0.25, 0.3) is 5.91 Å². The monoisotopic (exact) mass is 544 g/mol. The van der Waals surface area contributed by atoms with E-state index in [-0.39, 0.29) is 12.2 Å². The van der Waals surface area contributed by atoms with Crippen LogP contribution in [-0.2, 0) is 11.4 Å². The van der Waals surface area contributed by atoms with Crippen molar-refractivity contribution in [1.82, 2.24) is 0 Å². The smallest absolute Gasteiger partial charge is 0.266 e. The number of carbonyl (C=O) groups is 1. The molecule has 3 aromatic rings. The lowest BCUT2D eigenvalue weighted by molar-refractivity contribution is -0.112. The van der Waals surface area contributed by atoms with E-state index in [2.05, 4.69) is 21.2 Å². The largest absolute Gasteiger partial charge is 0.490 e. The number of amides is 1. The molecular weight excluding hydrogens is 527 g/mol. The van der Waals surface area contributed by atoms with Crippen molar-refractivity contribution in [3.05, 3.63) is 91.9 Å². The molecule has 0 heterocycles. The standard InChI is InChI=1S/C25H19BrCl2N2O3/c1-2-32-23-13-16(11-17(14-29)25(31)30-18-7-4-3-5-8-18)12-20(26)24(23)33-15-19-21(27)9-6-10-22(19)28/h3-13H,2,15H2,1H3,(H,30,31)/b17-11-. The van der Waals surface area contributed by atoms with Crippen LogP contribution in [0.1, 0.15) is 18.1 Å². The second-order valence-corrected chi connectivity index (χ2v) is 8.41. The van der Waals surface area contributed by atoms with Gasteiger partial charge >= 0.3 is 0 Å². The molecule has 3 rings (SSSR count). The number of anilines is 1. The van der Waals surface area contributed by atoms with Gasteiger partial charge < -0.3 is 14.8 Å². The fraction of sp³-hybridized carbons (Fsp3) is 0.120. The Labute approximate surface area is 210 Å². The summed E-state index contributed by atoms with van der Waals surface area (Å²) in [6.07, 6.45) is 1.49. The van der Waals surface area contributed by atoms with Crippen LogP contribution in [0.15, 0.2) is 70.7 Å². The molecule has 0 bridgehead atoms. The van der Waals surface area contributed by atoms with Gasteiger partial charge in [-0.05, 0) is 70.9 Å². The van der Waals surface area contributed by atoms with Gasteiger partial charge in [0, 0.05) is 21.3 Å². The highest BCUT2D eigenvalue weighted by atomic mass is 79.9. The van der Waals surface area contributed by atoms with Gasteiger partial charge in [-0.15, -0.1) is 0 Å². The summed E-state index contributed by atoms with van der Waals surface area (Å²) in [4.78, 5) is 12.5. The highest BCUT2D eigenvalue weighted by molar-refractivity contribution is 9.10. The number of ether oxygens (including phenoxy) is 2. The van der Waals surface area contributed by atoms with Crippen LogP contribution in [0.5, 0.6) is 11.5 Å². The molecule has 1 amide bonds. The topological polar surface area (TPSA) is 71.3 Å². The lowest BCUT2D eigenvalue weighted by Crippen LogP contribution is -2.13. The molecule has 1 N–H and O–H groups in total. The Morgan fingerprint density at radius 1 is 1.09 bits per heavy atom. The number of halogens is 3. The molecule has 0 aliphatic rings. The summed E-state index contributed by atoms with van der Waals surface area (Å²) in [7, 11) is 0. The van der Waals surface area contributed by atoms with Crippen LogP contribution in [0.4, 0.5) is 5.69 Å². The molecule has 0 spiro atoms. The van der Waals surface area contributed by atoms with Gasteiger partial charge in [0.2, 0.25) is 0 Å². The number of carbonyl (C=O) groups excluding carboxylic acids is 1. The number of rotatable bonds is 8. The highest BCUT2D eigenvalue weighted by Crippen LogP contribution is 2.39. The van der Waals surface area contributed by atoms with Crippen molar-refractivity contribution < 1.29 is 14.3 Å². The predicted octanol–water partition coefficient (Wildman–Crippen LogP) is 7.28. The van der Waals surface area contributed by atoms with E-state index in [0.717, 1.165) is 0 Å². The summed E-state index contributed by atoms with van der Waals surface area (Å²) in [6, 6.07) is 19.5. The van der Waals surface area contributed by atoms with E-state index in [1.807, 2.05) is 19.1 Å². The zero-order valence-electron chi connectivity index (χ0n) is 17.6. The quantitative estimate of drug-likeness (QED) is 0.238. The zero-order chi connectivity index (χ0) is 23.8. The lowest BCUT2D eigenvalue weighted by atomic mass is 10.1. The SMILES string of the molecule is CCOc1cc(/C=C(/C#N)C(=O)Nc2ccccc2)cc(Br)c1OCc1c(Cl)cccc1Cl. The molecule has 8 heteroatoms. The van der Waals surface area contributed by atoms with Crippen molar-refractivity contribution in [3.8, 4) is 17.6 Å². The van der Waals surface area contributed by atoms with Crippen LogP contribution < -0.4 is 14.8 Å². The molecule has 0 aromatic heterocycles. The van der Waals surface area contributed by atoms with Gasteiger partial charge in [0.05, 0.1) is 11.1 Å². The molecule has 0 atom stereocenters. The van der Waals surface area contributed by atoms with Gasteiger partial charge in [0.15, 0.2) is 11.5 Å². The minimum absolute atomic E-state index is 0.0512.